The Morgan fingerprint density at radius 1 is 1.39 bits per heavy atom. The van der Waals surface area contributed by atoms with Crippen LogP contribution in [0.25, 0.3) is 0 Å². The summed E-state index contributed by atoms with van der Waals surface area (Å²) in [6.07, 6.45) is 0. The minimum Gasteiger partial charge on any atom is -0.343 e. The van der Waals surface area contributed by atoms with E-state index < -0.39 is 25.7 Å². The number of hydrogen-bond donors (Lipinski definition) is 2. The molecule has 1 unspecified atom stereocenters. The highest BCUT2D eigenvalue weighted by molar-refractivity contribution is 7.52. The summed E-state index contributed by atoms with van der Waals surface area (Å²) in [7, 11) is -1.53. The lowest BCUT2D eigenvalue weighted by Gasteiger charge is -2.36. The van der Waals surface area contributed by atoms with Crippen molar-refractivity contribution < 1.29 is 28.0 Å². The van der Waals surface area contributed by atoms with Crippen LogP contribution in [-0.2, 0) is 23.2 Å². The Morgan fingerprint density at radius 3 is 2.33 bits per heavy atom. The first-order valence-corrected chi connectivity index (χ1v) is 6.49. The number of β-lactam (4-membered cyclic amide) rings is 1. The van der Waals surface area contributed by atoms with Gasteiger partial charge >= 0.3 is 13.8 Å². The quantitative estimate of drug-likeness (QED) is 0.527. The maximum absolute atomic E-state index is 11.6. The third-order valence-corrected chi connectivity index (χ3v) is 3.69. The van der Waals surface area contributed by atoms with E-state index >= 15 is 0 Å². The molecule has 4 amide bonds. The van der Waals surface area contributed by atoms with E-state index in [0.29, 0.717) is 0 Å². The van der Waals surface area contributed by atoms with Gasteiger partial charge in [-0.15, -0.1) is 0 Å². The fourth-order valence-electron chi connectivity index (χ4n) is 1.31. The van der Waals surface area contributed by atoms with E-state index in [-0.39, 0.29) is 12.5 Å². The summed E-state index contributed by atoms with van der Waals surface area (Å²) in [6.45, 7) is 1.28. The third-order valence-electron chi connectivity index (χ3n) is 2.27. The summed E-state index contributed by atoms with van der Waals surface area (Å²) in [5.41, 5.74) is 0. The number of amides is 4. The Kier molecular flexibility index (Phi) is 4.44. The first-order valence-electron chi connectivity index (χ1n) is 4.95. The van der Waals surface area contributed by atoms with Gasteiger partial charge in [0.1, 0.15) is 6.04 Å². The van der Waals surface area contributed by atoms with E-state index in [1.807, 2.05) is 5.09 Å². The summed E-state index contributed by atoms with van der Waals surface area (Å²) < 4.78 is 20.6. The predicted molar refractivity (Wildman–Crippen MR) is 59.5 cm³/mol. The highest BCUT2D eigenvalue weighted by Gasteiger charge is 2.43. The molecule has 1 fully saturated rings. The van der Waals surface area contributed by atoms with Crippen molar-refractivity contribution in [3.05, 3.63) is 0 Å². The van der Waals surface area contributed by atoms with Crippen molar-refractivity contribution in [1.29, 1.82) is 0 Å². The Labute approximate surface area is 103 Å². The molecule has 1 aliphatic heterocycles. The first-order chi connectivity index (χ1) is 8.33. The smallest absolute Gasteiger partial charge is 0.343 e. The topological polar surface area (TPSA) is 114 Å². The SMILES string of the molecule is COP(=O)(NC(=O)N1CC(NC(C)=O)C1=O)OC. The molecule has 18 heavy (non-hydrogen) atoms. The number of carbonyl (C=O) groups is 3. The van der Waals surface area contributed by atoms with Crippen molar-refractivity contribution >= 4 is 25.6 Å². The molecule has 1 heterocycles. The molecule has 1 atom stereocenters. The molecule has 1 saturated heterocycles. The van der Waals surface area contributed by atoms with Crippen molar-refractivity contribution in [3.8, 4) is 0 Å². The number of nitrogens with zero attached hydrogens (tertiary/aromatic N) is 1. The molecule has 0 bridgehead atoms. The van der Waals surface area contributed by atoms with Crippen molar-refractivity contribution in [1.82, 2.24) is 15.3 Å². The van der Waals surface area contributed by atoms with Gasteiger partial charge in [0.15, 0.2) is 0 Å². The largest absolute Gasteiger partial charge is 0.435 e. The molecule has 0 aromatic rings. The molecule has 1 rings (SSSR count). The van der Waals surface area contributed by atoms with E-state index in [0.717, 1.165) is 19.1 Å². The van der Waals surface area contributed by atoms with Crippen molar-refractivity contribution in [2.45, 2.75) is 13.0 Å². The normalized spacial score (nSPS) is 19.2. The third kappa shape index (κ3) is 3.06. The number of hydrogen-bond acceptors (Lipinski definition) is 6. The Hall–Kier alpha value is -1.44. The zero-order chi connectivity index (χ0) is 13.9. The van der Waals surface area contributed by atoms with E-state index in [9.17, 15) is 18.9 Å². The summed E-state index contributed by atoms with van der Waals surface area (Å²) in [6, 6.07) is -1.62. The second-order valence-corrected chi connectivity index (χ2v) is 5.43. The number of nitrogens with one attached hydrogen (secondary N) is 2. The maximum Gasteiger partial charge on any atom is 0.435 e. The molecule has 0 aromatic carbocycles. The number of imide groups is 1. The number of likely N-dealkylation sites (tertiary alicyclic amines) is 1. The Bertz CT molecular complexity index is 417. The van der Waals surface area contributed by atoms with E-state index in [2.05, 4.69) is 14.4 Å². The summed E-state index contributed by atoms with van der Waals surface area (Å²) in [5, 5.41) is 4.33. The highest BCUT2D eigenvalue weighted by atomic mass is 31.2. The summed E-state index contributed by atoms with van der Waals surface area (Å²) in [4.78, 5) is 34.6. The lowest BCUT2D eigenvalue weighted by molar-refractivity contribution is -0.142. The molecule has 1 aliphatic rings. The van der Waals surface area contributed by atoms with Gasteiger partial charge in [0.2, 0.25) is 5.91 Å². The summed E-state index contributed by atoms with van der Waals surface area (Å²) >= 11 is 0. The monoisotopic (exact) mass is 279 g/mol. The van der Waals surface area contributed by atoms with Gasteiger partial charge in [-0.2, -0.15) is 0 Å². The van der Waals surface area contributed by atoms with Gasteiger partial charge in [-0.1, -0.05) is 0 Å². The van der Waals surface area contributed by atoms with Gasteiger partial charge < -0.3 is 5.32 Å². The standard InChI is InChI=1S/C8H14N3O6P/c1-5(12)9-6-4-11(7(6)13)8(14)10-18(15,16-2)17-3/h6H,4H2,1-3H3,(H,9,12)(H,10,14,15). The molecule has 0 saturated carbocycles. The molecular weight excluding hydrogens is 265 g/mol. The molecule has 9 nitrogen and oxygen atoms in total. The molecule has 0 spiro atoms. The highest BCUT2D eigenvalue weighted by Crippen LogP contribution is 2.41. The molecule has 0 aliphatic carbocycles. The van der Waals surface area contributed by atoms with Crippen LogP contribution in [0.4, 0.5) is 4.79 Å². The van der Waals surface area contributed by atoms with E-state index in [1.165, 1.54) is 6.92 Å². The van der Waals surface area contributed by atoms with Crippen LogP contribution in [0.5, 0.6) is 0 Å². The van der Waals surface area contributed by atoms with Crippen LogP contribution in [0.15, 0.2) is 0 Å². The van der Waals surface area contributed by atoms with E-state index in [1.54, 1.807) is 0 Å². The number of rotatable bonds is 4. The predicted octanol–water partition coefficient (Wildman–Crippen LogP) is -0.556. The maximum atomic E-state index is 11.6. The van der Waals surface area contributed by atoms with Crippen LogP contribution in [0, 0.1) is 0 Å². The van der Waals surface area contributed by atoms with Crippen molar-refractivity contribution in [2.75, 3.05) is 20.8 Å². The molecule has 102 valence electrons. The Balaban J connectivity index is 2.54. The molecule has 0 radical (unpaired) electrons. The van der Waals surface area contributed by atoms with Crippen molar-refractivity contribution in [3.63, 3.8) is 0 Å². The van der Waals surface area contributed by atoms with Gasteiger partial charge in [-0.3, -0.25) is 23.5 Å². The molecule has 2 N–H and O–H groups in total. The van der Waals surface area contributed by atoms with Crippen LogP contribution in [0.2, 0.25) is 0 Å². The molecule has 0 aromatic heterocycles. The van der Waals surface area contributed by atoms with Crippen LogP contribution >= 0.6 is 7.75 Å². The van der Waals surface area contributed by atoms with Crippen LogP contribution in [0.1, 0.15) is 6.92 Å². The van der Waals surface area contributed by atoms with Crippen LogP contribution in [-0.4, -0.2) is 49.6 Å². The molecular formula is C8H14N3O6P. The average Bonchev–Trinajstić information content (AvgIpc) is 2.32. The summed E-state index contributed by atoms with van der Waals surface area (Å²) in [5.74, 6) is -0.950. The van der Waals surface area contributed by atoms with Crippen LogP contribution < -0.4 is 10.4 Å². The molecule has 10 heteroatoms. The fraction of sp³-hybridized carbons (Fsp3) is 0.625. The lowest BCUT2D eigenvalue weighted by Crippen LogP contribution is -2.66. The van der Waals surface area contributed by atoms with Gasteiger partial charge in [-0.05, 0) is 0 Å². The Morgan fingerprint density at radius 2 is 1.94 bits per heavy atom. The van der Waals surface area contributed by atoms with Crippen LogP contribution in [0.3, 0.4) is 0 Å². The van der Waals surface area contributed by atoms with E-state index in [4.69, 9.17) is 0 Å². The van der Waals surface area contributed by atoms with Gasteiger partial charge in [0, 0.05) is 21.1 Å². The zero-order valence-electron chi connectivity index (χ0n) is 10.1. The van der Waals surface area contributed by atoms with Gasteiger partial charge in [0.05, 0.1) is 6.54 Å². The van der Waals surface area contributed by atoms with Crippen molar-refractivity contribution in [2.24, 2.45) is 0 Å². The number of urea groups is 1. The zero-order valence-corrected chi connectivity index (χ0v) is 11.0. The lowest BCUT2D eigenvalue weighted by atomic mass is 10.1. The number of carbonyl (C=O) groups excluding carboxylic acids is 3. The second-order valence-electron chi connectivity index (χ2n) is 3.48. The average molecular weight is 279 g/mol. The van der Waals surface area contributed by atoms with Gasteiger partial charge in [0.25, 0.3) is 5.91 Å². The minimum atomic E-state index is -3.73. The first kappa shape index (κ1) is 14.6. The second kappa shape index (κ2) is 5.47. The van der Waals surface area contributed by atoms with Gasteiger partial charge in [-0.25, -0.2) is 14.4 Å². The fourth-order valence-corrected chi connectivity index (χ4v) is 1.99. The minimum absolute atomic E-state index is 0.0116.